The Morgan fingerprint density at radius 1 is 0.976 bits per heavy atom. The molecule has 7 rings (SSSR count). The third kappa shape index (κ3) is 5.64. The summed E-state index contributed by atoms with van der Waals surface area (Å²) >= 11 is 0. The van der Waals surface area contributed by atoms with Crippen LogP contribution in [-0.4, -0.2) is 43.4 Å². The highest BCUT2D eigenvalue weighted by Gasteiger charge is 2.51. The van der Waals surface area contributed by atoms with Crippen molar-refractivity contribution in [2.45, 2.75) is 115 Å². The average Bonchev–Trinajstić information content (AvgIpc) is 3.52. The van der Waals surface area contributed by atoms with E-state index in [1.807, 2.05) is 28.0 Å². The molecule has 0 radical (unpaired) electrons. The standard InChI is InChI=1S/C35H47N5O2/c1-24(2)26-5-9-29(10-6-26)35-17-14-34(15-18-35,16-19-35)23-39(32(42)27-7-11-30(41)12-8-27)33-36-20-13-31(38-33)28-21-37-40(22-28)25(3)4/h5-6,9-10,13,20-22,24-25,27,30,41H,7-8,11-12,14-19,23H2,1-4H3. The lowest BCUT2D eigenvalue weighted by Gasteiger charge is -2.55. The van der Waals surface area contributed by atoms with E-state index < -0.39 is 0 Å². The molecular formula is C35H47N5O2. The molecule has 3 aromatic rings. The van der Waals surface area contributed by atoms with Crippen molar-refractivity contribution >= 4 is 11.9 Å². The fourth-order valence-corrected chi connectivity index (χ4v) is 7.67. The molecule has 2 bridgehead atoms. The van der Waals surface area contributed by atoms with Crippen LogP contribution in [0.4, 0.5) is 5.95 Å². The van der Waals surface area contributed by atoms with Gasteiger partial charge in [0.15, 0.2) is 0 Å². The Bertz CT molecular complexity index is 1360. The van der Waals surface area contributed by atoms with Gasteiger partial charge in [-0.2, -0.15) is 5.10 Å². The first-order valence-corrected chi connectivity index (χ1v) is 16.1. The number of aromatic nitrogens is 4. The summed E-state index contributed by atoms with van der Waals surface area (Å²) in [5.74, 6) is 1.08. The number of hydrogen-bond acceptors (Lipinski definition) is 5. The van der Waals surface area contributed by atoms with E-state index in [0.717, 1.165) is 43.4 Å². The van der Waals surface area contributed by atoms with Gasteiger partial charge in [0.25, 0.3) is 0 Å². The number of carbonyl (C=O) groups is 1. The number of anilines is 1. The van der Waals surface area contributed by atoms with E-state index in [9.17, 15) is 9.90 Å². The predicted molar refractivity (Wildman–Crippen MR) is 166 cm³/mol. The van der Waals surface area contributed by atoms with E-state index in [4.69, 9.17) is 4.98 Å². The molecule has 0 aliphatic heterocycles. The van der Waals surface area contributed by atoms with E-state index >= 15 is 0 Å². The number of fused-ring (bicyclic) bond motifs is 3. The second-order valence-electron chi connectivity index (χ2n) is 14.0. The molecule has 1 amide bonds. The maximum absolute atomic E-state index is 14.2. The fraction of sp³-hybridized carbons (Fsp3) is 0.600. The van der Waals surface area contributed by atoms with Crippen molar-refractivity contribution < 1.29 is 9.90 Å². The molecule has 4 fully saturated rings. The Morgan fingerprint density at radius 3 is 2.24 bits per heavy atom. The molecule has 0 unspecified atom stereocenters. The molecule has 4 aliphatic rings. The predicted octanol–water partition coefficient (Wildman–Crippen LogP) is 7.22. The highest BCUT2D eigenvalue weighted by Crippen LogP contribution is 2.58. The maximum atomic E-state index is 14.2. The first kappa shape index (κ1) is 29.0. The van der Waals surface area contributed by atoms with E-state index in [1.165, 1.54) is 30.4 Å². The Labute approximate surface area is 250 Å². The molecule has 7 nitrogen and oxygen atoms in total. The lowest BCUT2D eigenvalue weighted by Crippen LogP contribution is -2.52. The van der Waals surface area contributed by atoms with Crippen LogP contribution in [0.5, 0.6) is 0 Å². The van der Waals surface area contributed by atoms with Gasteiger partial charge in [0.05, 0.1) is 18.0 Å². The highest BCUT2D eigenvalue weighted by molar-refractivity contribution is 5.93. The smallest absolute Gasteiger partial charge is 0.232 e. The van der Waals surface area contributed by atoms with Crippen molar-refractivity contribution in [3.05, 3.63) is 60.0 Å². The number of carbonyl (C=O) groups excluding carboxylic acids is 1. The van der Waals surface area contributed by atoms with Crippen molar-refractivity contribution in [1.82, 2.24) is 19.7 Å². The van der Waals surface area contributed by atoms with Crippen LogP contribution in [0.2, 0.25) is 0 Å². The van der Waals surface area contributed by atoms with Gasteiger partial charge in [0.1, 0.15) is 0 Å². The van der Waals surface area contributed by atoms with E-state index in [2.05, 4.69) is 62.0 Å². The van der Waals surface area contributed by atoms with Crippen LogP contribution in [-0.2, 0) is 10.2 Å². The summed E-state index contributed by atoms with van der Waals surface area (Å²) in [7, 11) is 0. The molecule has 0 atom stereocenters. The van der Waals surface area contributed by atoms with Gasteiger partial charge in [-0.25, -0.2) is 9.97 Å². The molecule has 2 aromatic heterocycles. The van der Waals surface area contributed by atoms with Crippen LogP contribution >= 0.6 is 0 Å². The van der Waals surface area contributed by atoms with Crippen LogP contribution in [0.15, 0.2) is 48.9 Å². The zero-order chi connectivity index (χ0) is 29.5. The summed E-state index contributed by atoms with van der Waals surface area (Å²) in [6.45, 7) is 9.38. The van der Waals surface area contributed by atoms with E-state index in [0.29, 0.717) is 31.3 Å². The molecule has 1 N–H and O–H groups in total. The zero-order valence-corrected chi connectivity index (χ0v) is 25.8. The number of nitrogens with zero attached hydrogens (tertiary/aromatic N) is 5. The summed E-state index contributed by atoms with van der Waals surface area (Å²) in [6, 6.07) is 11.6. The Morgan fingerprint density at radius 2 is 1.64 bits per heavy atom. The Hall–Kier alpha value is -3.06. The van der Waals surface area contributed by atoms with Gasteiger partial charge in [0.2, 0.25) is 11.9 Å². The molecule has 0 saturated heterocycles. The number of aliphatic hydroxyl groups excluding tert-OH is 1. The number of aliphatic hydroxyl groups is 1. The fourth-order valence-electron chi connectivity index (χ4n) is 7.67. The zero-order valence-electron chi connectivity index (χ0n) is 25.8. The monoisotopic (exact) mass is 569 g/mol. The molecule has 0 spiro atoms. The van der Waals surface area contributed by atoms with E-state index in [1.54, 1.807) is 6.20 Å². The van der Waals surface area contributed by atoms with Gasteiger partial charge >= 0.3 is 0 Å². The summed E-state index contributed by atoms with van der Waals surface area (Å²) in [5, 5.41) is 14.6. The van der Waals surface area contributed by atoms with Crippen LogP contribution in [0.3, 0.4) is 0 Å². The average molecular weight is 570 g/mol. The van der Waals surface area contributed by atoms with Crippen molar-refractivity contribution in [2.24, 2.45) is 11.3 Å². The van der Waals surface area contributed by atoms with Gasteiger partial charge in [-0.15, -0.1) is 0 Å². The lowest BCUT2D eigenvalue weighted by molar-refractivity contribution is -0.124. The topological polar surface area (TPSA) is 84.1 Å². The van der Waals surface area contributed by atoms with Crippen molar-refractivity contribution in [3.8, 4) is 11.3 Å². The van der Waals surface area contributed by atoms with Crippen molar-refractivity contribution in [3.63, 3.8) is 0 Å². The van der Waals surface area contributed by atoms with Crippen LogP contribution in [0.25, 0.3) is 11.3 Å². The molecule has 2 heterocycles. The largest absolute Gasteiger partial charge is 0.393 e. The minimum Gasteiger partial charge on any atom is -0.393 e. The number of hydrogen-bond donors (Lipinski definition) is 1. The molecule has 4 aliphatic carbocycles. The van der Waals surface area contributed by atoms with Crippen LogP contribution < -0.4 is 4.90 Å². The van der Waals surface area contributed by atoms with E-state index in [-0.39, 0.29) is 34.8 Å². The van der Waals surface area contributed by atoms with Crippen LogP contribution in [0, 0.1) is 11.3 Å². The van der Waals surface area contributed by atoms with Gasteiger partial charge in [-0.1, -0.05) is 38.1 Å². The molecule has 224 valence electrons. The second-order valence-corrected chi connectivity index (χ2v) is 14.0. The summed E-state index contributed by atoms with van der Waals surface area (Å²) in [5.41, 5.74) is 4.97. The molecule has 1 aromatic carbocycles. The number of amides is 1. The highest BCUT2D eigenvalue weighted by atomic mass is 16.3. The number of benzene rings is 1. The summed E-state index contributed by atoms with van der Waals surface area (Å²) < 4.78 is 1.93. The quantitative estimate of drug-likeness (QED) is 0.310. The summed E-state index contributed by atoms with van der Waals surface area (Å²) in [4.78, 5) is 25.8. The Kier molecular flexibility index (Phi) is 7.99. The third-order valence-electron chi connectivity index (χ3n) is 10.7. The number of rotatable bonds is 8. The van der Waals surface area contributed by atoms with Crippen LogP contribution in [0.1, 0.15) is 115 Å². The van der Waals surface area contributed by atoms with Gasteiger partial charge in [0, 0.05) is 36.5 Å². The minimum absolute atomic E-state index is 0.0886. The van der Waals surface area contributed by atoms with Gasteiger partial charge < -0.3 is 5.11 Å². The molecule has 7 heteroatoms. The summed E-state index contributed by atoms with van der Waals surface area (Å²) in [6.07, 6.45) is 15.0. The normalized spacial score (nSPS) is 27.5. The third-order valence-corrected chi connectivity index (χ3v) is 10.7. The SMILES string of the molecule is CC(C)c1ccc(C23CCC(CN(C(=O)C4CCC(O)CC4)c4nccc(-c5cnn(C(C)C)c5)n4)(CC2)CC3)cc1. The first-order chi connectivity index (χ1) is 20.2. The lowest BCUT2D eigenvalue weighted by atomic mass is 9.51. The van der Waals surface area contributed by atoms with Crippen molar-refractivity contribution in [2.75, 3.05) is 11.4 Å². The van der Waals surface area contributed by atoms with Gasteiger partial charge in [-0.05, 0) is 112 Å². The second kappa shape index (κ2) is 11.6. The molecule has 42 heavy (non-hydrogen) atoms. The molecular weight excluding hydrogens is 522 g/mol. The van der Waals surface area contributed by atoms with Gasteiger partial charge in [-0.3, -0.25) is 14.4 Å². The minimum atomic E-state index is -0.294. The molecule has 4 saturated carbocycles. The Balaban J connectivity index is 1.25. The van der Waals surface area contributed by atoms with Crippen molar-refractivity contribution in [1.29, 1.82) is 0 Å². The maximum Gasteiger partial charge on any atom is 0.232 e. The first-order valence-electron chi connectivity index (χ1n) is 16.1.